The van der Waals surface area contributed by atoms with Crippen molar-refractivity contribution in [2.45, 2.75) is 59.2 Å². The van der Waals surface area contributed by atoms with Gasteiger partial charge in [-0.05, 0) is 41.5 Å². The summed E-state index contributed by atoms with van der Waals surface area (Å²) in [5.41, 5.74) is 6.58. The zero-order chi connectivity index (χ0) is 20.5. The standard InChI is InChI=1S/C14H20F3N.C4H6O4/c1-13(2,3)7-6-10-8-12(14(15,16)17)5-4-11(10)9-18;5-3(6)1-2-4(7)8/h4-5,8H,6-7,9,18H2,1-3H3;1-2H2,(H,5,6)(H,7,8). The number of carbonyl (C=O) groups is 2. The number of hydrogen-bond acceptors (Lipinski definition) is 3. The molecule has 0 saturated carbocycles. The van der Waals surface area contributed by atoms with E-state index >= 15 is 0 Å². The molecule has 0 aromatic heterocycles. The summed E-state index contributed by atoms with van der Waals surface area (Å²) in [6.45, 7) is 6.49. The van der Waals surface area contributed by atoms with Gasteiger partial charge in [0.05, 0.1) is 18.4 Å². The first kappa shape index (κ1) is 23.9. The summed E-state index contributed by atoms with van der Waals surface area (Å²) >= 11 is 0. The maximum absolute atomic E-state index is 12.6. The molecule has 4 N–H and O–H groups in total. The molecule has 1 aromatic rings. The minimum atomic E-state index is -4.29. The van der Waals surface area contributed by atoms with Gasteiger partial charge in [-0.3, -0.25) is 9.59 Å². The first-order valence-corrected chi connectivity index (χ1v) is 8.09. The zero-order valence-electron chi connectivity index (χ0n) is 15.2. The third-order valence-corrected chi connectivity index (χ3v) is 3.45. The third-order valence-electron chi connectivity index (χ3n) is 3.45. The summed E-state index contributed by atoms with van der Waals surface area (Å²) in [5.74, 6) is -2.15. The highest BCUT2D eigenvalue weighted by molar-refractivity contribution is 5.75. The molecule has 0 aliphatic carbocycles. The SMILES string of the molecule is CC(C)(C)CCc1cc(C(F)(F)F)ccc1CN.O=C(O)CCC(=O)O. The smallest absolute Gasteiger partial charge is 0.416 e. The number of benzene rings is 1. The van der Waals surface area contributed by atoms with Gasteiger partial charge >= 0.3 is 18.1 Å². The molecule has 0 aliphatic rings. The number of carboxylic acid groups (broad SMARTS) is 2. The number of aryl methyl sites for hydroxylation is 1. The van der Waals surface area contributed by atoms with Gasteiger partial charge in [-0.1, -0.05) is 26.8 Å². The summed E-state index contributed by atoms with van der Waals surface area (Å²) < 4.78 is 37.9. The Morgan fingerprint density at radius 1 is 1.00 bits per heavy atom. The van der Waals surface area contributed by atoms with E-state index in [2.05, 4.69) is 20.8 Å². The highest BCUT2D eigenvalue weighted by Crippen LogP contribution is 2.31. The molecule has 0 heterocycles. The predicted octanol–water partition coefficient (Wildman–Crippen LogP) is 4.08. The molecule has 1 rings (SSSR count). The molecule has 0 spiro atoms. The largest absolute Gasteiger partial charge is 0.481 e. The van der Waals surface area contributed by atoms with Crippen LogP contribution >= 0.6 is 0 Å². The maximum atomic E-state index is 12.6. The van der Waals surface area contributed by atoms with Gasteiger partial charge in [0.25, 0.3) is 0 Å². The second kappa shape index (κ2) is 10.2. The fourth-order valence-corrected chi connectivity index (χ4v) is 1.96. The average Bonchev–Trinajstić information content (AvgIpc) is 2.49. The van der Waals surface area contributed by atoms with E-state index in [0.717, 1.165) is 18.1 Å². The van der Waals surface area contributed by atoms with Gasteiger partial charge in [0.15, 0.2) is 0 Å². The van der Waals surface area contributed by atoms with Gasteiger partial charge in [-0.15, -0.1) is 0 Å². The van der Waals surface area contributed by atoms with E-state index < -0.39 is 23.7 Å². The molecule has 0 fully saturated rings. The normalized spacial score (nSPS) is 11.5. The molecule has 0 unspecified atom stereocenters. The molecule has 0 radical (unpaired) electrons. The molecule has 148 valence electrons. The van der Waals surface area contributed by atoms with Crippen LogP contribution in [0, 0.1) is 5.41 Å². The maximum Gasteiger partial charge on any atom is 0.416 e. The van der Waals surface area contributed by atoms with Crippen LogP contribution in [-0.4, -0.2) is 22.2 Å². The third kappa shape index (κ3) is 10.7. The Balaban J connectivity index is 0.000000660. The quantitative estimate of drug-likeness (QED) is 0.693. The van der Waals surface area contributed by atoms with Crippen molar-refractivity contribution in [2.24, 2.45) is 11.1 Å². The molecule has 5 nitrogen and oxygen atoms in total. The Morgan fingerprint density at radius 2 is 1.50 bits per heavy atom. The molecule has 0 amide bonds. The molecule has 8 heteroatoms. The Morgan fingerprint density at radius 3 is 1.85 bits per heavy atom. The van der Waals surface area contributed by atoms with Crippen LogP contribution in [0.25, 0.3) is 0 Å². The van der Waals surface area contributed by atoms with E-state index in [9.17, 15) is 22.8 Å². The van der Waals surface area contributed by atoms with Crippen molar-refractivity contribution in [3.63, 3.8) is 0 Å². The van der Waals surface area contributed by atoms with Crippen molar-refractivity contribution >= 4 is 11.9 Å². The van der Waals surface area contributed by atoms with E-state index in [1.54, 1.807) is 0 Å². The van der Waals surface area contributed by atoms with Gasteiger partial charge in [0.1, 0.15) is 0 Å². The number of alkyl halides is 3. The molecular weight excluding hydrogens is 351 g/mol. The van der Waals surface area contributed by atoms with Crippen LogP contribution < -0.4 is 5.73 Å². The molecule has 0 bridgehead atoms. The lowest BCUT2D eigenvalue weighted by molar-refractivity contribution is -0.143. The summed E-state index contributed by atoms with van der Waals surface area (Å²) in [6.07, 6.45) is -3.42. The topological polar surface area (TPSA) is 101 Å². The van der Waals surface area contributed by atoms with Gasteiger partial charge in [0, 0.05) is 6.54 Å². The number of nitrogens with two attached hydrogens (primary N) is 1. The first-order chi connectivity index (χ1) is 11.8. The van der Waals surface area contributed by atoms with E-state index in [1.807, 2.05) is 0 Å². The number of aliphatic carboxylic acids is 2. The predicted molar refractivity (Wildman–Crippen MR) is 91.6 cm³/mol. The Labute approximate surface area is 151 Å². The van der Waals surface area contributed by atoms with Crippen molar-refractivity contribution in [3.05, 3.63) is 34.9 Å². The van der Waals surface area contributed by atoms with Crippen molar-refractivity contribution in [3.8, 4) is 0 Å². The number of rotatable bonds is 6. The number of halogens is 3. The van der Waals surface area contributed by atoms with E-state index in [4.69, 9.17) is 15.9 Å². The Kier molecular flexibility index (Phi) is 9.34. The molecule has 0 aliphatic heterocycles. The van der Waals surface area contributed by atoms with Crippen LogP contribution in [0.2, 0.25) is 0 Å². The van der Waals surface area contributed by atoms with Crippen LogP contribution in [0.5, 0.6) is 0 Å². The lowest BCUT2D eigenvalue weighted by Crippen LogP contribution is -2.11. The van der Waals surface area contributed by atoms with E-state index in [1.165, 1.54) is 12.1 Å². The lowest BCUT2D eigenvalue weighted by atomic mass is 9.87. The summed E-state index contributed by atoms with van der Waals surface area (Å²) in [5, 5.41) is 15.8. The zero-order valence-corrected chi connectivity index (χ0v) is 15.2. The fourth-order valence-electron chi connectivity index (χ4n) is 1.96. The van der Waals surface area contributed by atoms with Gasteiger partial charge in [0.2, 0.25) is 0 Å². The minimum absolute atomic E-state index is 0.0973. The summed E-state index contributed by atoms with van der Waals surface area (Å²) in [7, 11) is 0. The number of carboxylic acids is 2. The lowest BCUT2D eigenvalue weighted by Gasteiger charge is -2.19. The molecule has 0 saturated heterocycles. The van der Waals surface area contributed by atoms with Crippen LogP contribution in [0.15, 0.2) is 18.2 Å². The van der Waals surface area contributed by atoms with Crippen LogP contribution in [-0.2, 0) is 28.7 Å². The molecule has 0 atom stereocenters. The van der Waals surface area contributed by atoms with Crippen molar-refractivity contribution in [1.82, 2.24) is 0 Å². The second-order valence-electron chi connectivity index (χ2n) is 7.03. The van der Waals surface area contributed by atoms with E-state index in [-0.39, 0.29) is 24.8 Å². The van der Waals surface area contributed by atoms with Gasteiger partial charge in [-0.2, -0.15) is 13.2 Å². The van der Waals surface area contributed by atoms with Gasteiger partial charge in [-0.25, -0.2) is 0 Å². The highest BCUT2D eigenvalue weighted by atomic mass is 19.4. The second-order valence-corrected chi connectivity index (χ2v) is 7.03. The van der Waals surface area contributed by atoms with E-state index in [0.29, 0.717) is 12.0 Å². The Hall–Kier alpha value is -2.09. The van der Waals surface area contributed by atoms with Gasteiger partial charge < -0.3 is 15.9 Å². The van der Waals surface area contributed by atoms with Crippen LogP contribution in [0.3, 0.4) is 0 Å². The molecule has 1 aromatic carbocycles. The summed E-state index contributed by atoms with van der Waals surface area (Å²) in [6, 6.07) is 3.82. The van der Waals surface area contributed by atoms with Crippen LogP contribution in [0.1, 0.15) is 56.7 Å². The Bertz CT molecular complexity index is 593. The summed E-state index contributed by atoms with van der Waals surface area (Å²) in [4.78, 5) is 19.3. The van der Waals surface area contributed by atoms with Crippen molar-refractivity contribution < 1.29 is 33.0 Å². The van der Waals surface area contributed by atoms with Crippen LogP contribution in [0.4, 0.5) is 13.2 Å². The monoisotopic (exact) mass is 377 g/mol. The fraction of sp³-hybridized carbons (Fsp3) is 0.556. The first-order valence-electron chi connectivity index (χ1n) is 8.09. The van der Waals surface area contributed by atoms with Crippen molar-refractivity contribution in [2.75, 3.05) is 0 Å². The highest BCUT2D eigenvalue weighted by Gasteiger charge is 2.30. The van der Waals surface area contributed by atoms with Crippen molar-refractivity contribution in [1.29, 1.82) is 0 Å². The minimum Gasteiger partial charge on any atom is -0.481 e. The molecular formula is C18H26F3NO4. The number of hydrogen-bond donors (Lipinski definition) is 3. The molecule has 26 heavy (non-hydrogen) atoms. The average molecular weight is 377 g/mol.